The standard InChI is InChI=1S/C24H29N3O4/c1-24(2)21(16-7-5-4-6-8-16)27(23(29)31-24)18-11-9-17(10-12-18)26-20-15-25-14-13-19(20)22(28)30-3/h4-8,13-15,17-18,21,26H,9-12H2,1-3H3/t17-,18-,21-/m0/s1. The molecule has 2 aromatic rings. The second-order valence-corrected chi connectivity index (χ2v) is 8.75. The summed E-state index contributed by atoms with van der Waals surface area (Å²) in [6, 6.07) is 12.0. The van der Waals surface area contributed by atoms with Crippen LogP contribution in [0.25, 0.3) is 0 Å². The van der Waals surface area contributed by atoms with Crippen molar-refractivity contribution < 1.29 is 19.1 Å². The lowest BCUT2D eigenvalue weighted by Crippen LogP contribution is -2.44. The Morgan fingerprint density at radius 3 is 2.55 bits per heavy atom. The number of cyclic esters (lactones) is 1. The first kappa shape index (κ1) is 21.2. The zero-order chi connectivity index (χ0) is 22.0. The molecule has 7 nitrogen and oxygen atoms in total. The fraction of sp³-hybridized carbons (Fsp3) is 0.458. The number of hydrogen-bond donors (Lipinski definition) is 1. The van der Waals surface area contributed by atoms with E-state index >= 15 is 0 Å². The second-order valence-electron chi connectivity index (χ2n) is 8.75. The summed E-state index contributed by atoms with van der Waals surface area (Å²) in [5.41, 5.74) is 1.67. The Morgan fingerprint density at radius 2 is 1.87 bits per heavy atom. The van der Waals surface area contributed by atoms with E-state index in [1.807, 2.05) is 36.9 Å². The minimum absolute atomic E-state index is 0.111. The van der Waals surface area contributed by atoms with Gasteiger partial charge in [-0.1, -0.05) is 30.3 Å². The molecular weight excluding hydrogens is 394 g/mol. The average molecular weight is 424 g/mol. The molecular formula is C24H29N3O4. The molecule has 1 aromatic carbocycles. The molecule has 1 aromatic heterocycles. The van der Waals surface area contributed by atoms with Crippen molar-refractivity contribution in [3.8, 4) is 0 Å². The number of benzene rings is 1. The number of hydrogen-bond acceptors (Lipinski definition) is 6. The Labute approximate surface area is 182 Å². The van der Waals surface area contributed by atoms with Crippen LogP contribution in [-0.2, 0) is 9.47 Å². The van der Waals surface area contributed by atoms with Gasteiger partial charge in [-0.15, -0.1) is 0 Å². The maximum atomic E-state index is 12.8. The Bertz CT molecular complexity index is 939. The van der Waals surface area contributed by atoms with Gasteiger partial charge in [0.1, 0.15) is 5.60 Å². The van der Waals surface area contributed by atoms with E-state index in [-0.39, 0.29) is 30.2 Å². The van der Waals surface area contributed by atoms with Crippen LogP contribution in [0.2, 0.25) is 0 Å². The van der Waals surface area contributed by atoms with Gasteiger partial charge >= 0.3 is 12.1 Å². The minimum Gasteiger partial charge on any atom is -0.465 e. The maximum absolute atomic E-state index is 12.8. The highest BCUT2D eigenvalue weighted by molar-refractivity contribution is 5.95. The number of esters is 1. The molecule has 1 aliphatic heterocycles. The summed E-state index contributed by atoms with van der Waals surface area (Å²) in [6.45, 7) is 3.96. The molecule has 0 radical (unpaired) electrons. The number of pyridine rings is 1. The molecule has 1 atom stereocenters. The van der Waals surface area contributed by atoms with Gasteiger partial charge in [-0.2, -0.15) is 0 Å². The SMILES string of the molecule is COC(=O)c1ccncc1N[C@H]1CC[C@H](N2C(=O)OC(C)(C)[C@@H]2c2ccccc2)CC1. The number of carbonyl (C=O) groups is 2. The molecule has 0 spiro atoms. The third-order valence-corrected chi connectivity index (χ3v) is 6.29. The van der Waals surface area contributed by atoms with E-state index < -0.39 is 5.60 Å². The average Bonchev–Trinajstić information content (AvgIpc) is 3.02. The van der Waals surface area contributed by atoms with Crippen molar-refractivity contribution in [1.82, 2.24) is 9.88 Å². The number of anilines is 1. The highest BCUT2D eigenvalue weighted by Crippen LogP contribution is 2.44. The van der Waals surface area contributed by atoms with E-state index in [0.717, 1.165) is 31.2 Å². The second kappa shape index (κ2) is 8.57. The van der Waals surface area contributed by atoms with Crippen LogP contribution >= 0.6 is 0 Å². The number of rotatable bonds is 5. The van der Waals surface area contributed by atoms with Crippen molar-refractivity contribution in [1.29, 1.82) is 0 Å². The molecule has 2 aliphatic rings. The van der Waals surface area contributed by atoms with Gasteiger partial charge in [0.25, 0.3) is 0 Å². The fourth-order valence-electron chi connectivity index (χ4n) is 4.85. The van der Waals surface area contributed by atoms with Crippen LogP contribution in [0.1, 0.15) is 61.5 Å². The molecule has 0 bridgehead atoms. The third kappa shape index (κ3) is 4.22. The van der Waals surface area contributed by atoms with Gasteiger partial charge in [0.15, 0.2) is 0 Å². The van der Waals surface area contributed by atoms with Crippen molar-refractivity contribution in [2.45, 2.75) is 63.3 Å². The summed E-state index contributed by atoms with van der Waals surface area (Å²) in [4.78, 5) is 30.9. The zero-order valence-corrected chi connectivity index (χ0v) is 18.2. The number of carbonyl (C=O) groups excluding carboxylic acids is 2. The summed E-state index contributed by atoms with van der Waals surface area (Å²) in [5, 5.41) is 3.45. The molecule has 2 fully saturated rings. The van der Waals surface area contributed by atoms with E-state index in [2.05, 4.69) is 22.4 Å². The number of aromatic nitrogens is 1. The molecule has 31 heavy (non-hydrogen) atoms. The van der Waals surface area contributed by atoms with Gasteiger partial charge in [0.05, 0.1) is 30.6 Å². The number of ether oxygens (including phenoxy) is 2. The highest BCUT2D eigenvalue weighted by atomic mass is 16.6. The number of amides is 1. The topological polar surface area (TPSA) is 80.8 Å². The molecule has 7 heteroatoms. The first-order valence-electron chi connectivity index (χ1n) is 10.8. The summed E-state index contributed by atoms with van der Waals surface area (Å²) in [6.07, 6.45) is 6.48. The third-order valence-electron chi connectivity index (χ3n) is 6.29. The van der Waals surface area contributed by atoms with Crippen LogP contribution in [0, 0.1) is 0 Å². The molecule has 164 valence electrons. The van der Waals surface area contributed by atoms with E-state index in [4.69, 9.17) is 9.47 Å². The Morgan fingerprint density at radius 1 is 1.16 bits per heavy atom. The van der Waals surface area contributed by atoms with E-state index in [0.29, 0.717) is 11.3 Å². The normalized spacial score (nSPS) is 25.1. The zero-order valence-electron chi connectivity index (χ0n) is 18.2. The van der Waals surface area contributed by atoms with Crippen molar-refractivity contribution in [3.05, 3.63) is 59.9 Å². The summed E-state index contributed by atoms with van der Waals surface area (Å²) >= 11 is 0. The molecule has 1 saturated carbocycles. The molecule has 0 unspecified atom stereocenters. The monoisotopic (exact) mass is 423 g/mol. The van der Waals surface area contributed by atoms with E-state index in [9.17, 15) is 9.59 Å². The summed E-state index contributed by atoms with van der Waals surface area (Å²) in [5.74, 6) is -0.383. The molecule has 2 heterocycles. The highest BCUT2D eigenvalue weighted by Gasteiger charge is 2.51. The summed E-state index contributed by atoms with van der Waals surface area (Å²) in [7, 11) is 1.37. The van der Waals surface area contributed by atoms with Gasteiger partial charge in [0, 0.05) is 18.3 Å². The van der Waals surface area contributed by atoms with Crippen LogP contribution in [0.5, 0.6) is 0 Å². The number of nitrogens with one attached hydrogen (secondary N) is 1. The van der Waals surface area contributed by atoms with Gasteiger partial charge in [-0.25, -0.2) is 9.59 Å². The molecule has 1 saturated heterocycles. The predicted octanol–water partition coefficient (Wildman–Crippen LogP) is 4.56. The largest absolute Gasteiger partial charge is 0.465 e. The maximum Gasteiger partial charge on any atom is 0.411 e. The Balaban J connectivity index is 1.46. The lowest BCUT2D eigenvalue weighted by atomic mass is 9.86. The van der Waals surface area contributed by atoms with Crippen molar-refractivity contribution in [3.63, 3.8) is 0 Å². The van der Waals surface area contributed by atoms with Crippen LogP contribution in [0.15, 0.2) is 48.8 Å². The predicted molar refractivity (Wildman–Crippen MR) is 117 cm³/mol. The molecule has 4 rings (SSSR count). The molecule has 1 N–H and O–H groups in total. The molecule has 1 aliphatic carbocycles. The van der Waals surface area contributed by atoms with Crippen LogP contribution in [0.3, 0.4) is 0 Å². The number of methoxy groups -OCH3 is 1. The van der Waals surface area contributed by atoms with Crippen LogP contribution < -0.4 is 5.32 Å². The van der Waals surface area contributed by atoms with Gasteiger partial charge in [-0.05, 0) is 51.2 Å². The van der Waals surface area contributed by atoms with E-state index in [1.54, 1.807) is 18.5 Å². The van der Waals surface area contributed by atoms with Crippen LogP contribution in [-0.4, -0.2) is 46.7 Å². The van der Waals surface area contributed by atoms with Gasteiger partial charge < -0.3 is 14.8 Å². The number of nitrogens with zero attached hydrogens (tertiary/aromatic N) is 2. The van der Waals surface area contributed by atoms with Crippen molar-refractivity contribution >= 4 is 17.7 Å². The smallest absolute Gasteiger partial charge is 0.411 e. The summed E-state index contributed by atoms with van der Waals surface area (Å²) < 4.78 is 10.6. The molecule has 1 amide bonds. The quantitative estimate of drug-likeness (QED) is 0.710. The minimum atomic E-state index is -0.585. The lowest BCUT2D eigenvalue weighted by Gasteiger charge is -2.38. The van der Waals surface area contributed by atoms with Crippen molar-refractivity contribution in [2.75, 3.05) is 12.4 Å². The fourth-order valence-corrected chi connectivity index (χ4v) is 4.85. The van der Waals surface area contributed by atoms with E-state index in [1.165, 1.54) is 7.11 Å². The first-order chi connectivity index (χ1) is 14.9. The Hall–Kier alpha value is -3.09. The Kier molecular flexibility index (Phi) is 5.85. The van der Waals surface area contributed by atoms with Gasteiger partial charge in [-0.3, -0.25) is 9.88 Å². The van der Waals surface area contributed by atoms with Gasteiger partial charge in [0.2, 0.25) is 0 Å². The van der Waals surface area contributed by atoms with Crippen LogP contribution in [0.4, 0.5) is 10.5 Å². The van der Waals surface area contributed by atoms with Crippen molar-refractivity contribution in [2.24, 2.45) is 0 Å². The lowest BCUT2D eigenvalue weighted by molar-refractivity contribution is 0.0600. The first-order valence-corrected chi connectivity index (χ1v) is 10.8.